The molecule has 1 amide bonds. The fourth-order valence-corrected chi connectivity index (χ4v) is 2.56. The standard InChI is InChI=1S/C15H20F3NO4/c1-9-8-22-11(3)7-19(9)13(20)6-14(21,15(16,17)18)12-5-4-10(2)23-12/h4-5,9,11,21H,6-8H2,1-3H3. The lowest BCUT2D eigenvalue weighted by atomic mass is 9.94. The number of hydrogen-bond acceptors (Lipinski definition) is 4. The van der Waals surface area contributed by atoms with Gasteiger partial charge < -0.3 is 19.2 Å². The Hall–Kier alpha value is -1.54. The summed E-state index contributed by atoms with van der Waals surface area (Å²) in [7, 11) is 0. The molecule has 1 aliphatic heterocycles. The van der Waals surface area contributed by atoms with Crippen molar-refractivity contribution in [3.63, 3.8) is 0 Å². The van der Waals surface area contributed by atoms with Crippen molar-refractivity contribution in [3.05, 3.63) is 23.7 Å². The Bertz CT molecular complexity index is 571. The minimum absolute atomic E-state index is 0.186. The van der Waals surface area contributed by atoms with Gasteiger partial charge in [0.2, 0.25) is 11.5 Å². The van der Waals surface area contributed by atoms with E-state index in [1.807, 2.05) is 0 Å². The van der Waals surface area contributed by atoms with Crippen molar-refractivity contribution >= 4 is 5.91 Å². The molecule has 130 valence electrons. The second-order valence-corrected chi connectivity index (χ2v) is 5.98. The molecule has 8 heteroatoms. The quantitative estimate of drug-likeness (QED) is 0.921. The fourth-order valence-electron chi connectivity index (χ4n) is 2.56. The lowest BCUT2D eigenvalue weighted by molar-refractivity contribution is -0.274. The van der Waals surface area contributed by atoms with Crippen LogP contribution in [0.25, 0.3) is 0 Å². The summed E-state index contributed by atoms with van der Waals surface area (Å²) in [5.41, 5.74) is -3.35. The molecule has 0 aliphatic carbocycles. The van der Waals surface area contributed by atoms with Crippen molar-refractivity contribution in [3.8, 4) is 0 Å². The van der Waals surface area contributed by atoms with Gasteiger partial charge in [-0.2, -0.15) is 13.2 Å². The van der Waals surface area contributed by atoms with E-state index in [0.717, 1.165) is 6.07 Å². The van der Waals surface area contributed by atoms with E-state index < -0.39 is 29.9 Å². The van der Waals surface area contributed by atoms with Gasteiger partial charge in [-0.15, -0.1) is 0 Å². The van der Waals surface area contributed by atoms with Crippen LogP contribution < -0.4 is 0 Å². The number of aryl methyl sites for hydroxylation is 1. The van der Waals surface area contributed by atoms with E-state index in [4.69, 9.17) is 9.15 Å². The average Bonchev–Trinajstić information content (AvgIpc) is 2.87. The van der Waals surface area contributed by atoms with E-state index >= 15 is 0 Å². The van der Waals surface area contributed by atoms with E-state index in [9.17, 15) is 23.1 Å². The number of halogens is 3. The van der Waals surface area contributed by atoms with E-state index in [1.54, 1.807) is 13.8 Å². The Morgan fingerprint density at radius 3 is 2.57 bits per heavy atom. The SMILES string of the molecule is Cc1ccc(C(O)(CC(=O)N2CC(C)OCC2C)C(F)(F)F)o1. The summed E-state index contributed by atoms with van der Waals surface area (Å²) in [5.74, 6) is -1.24. The number of aliphatic hydroxyl groups is 1. The van der Waals surface area contributed by atoms with Crippen LogP contribution in [0.5, 0.6) is 0 Å². The molecule has 0 spiro atoms. The maximum atomic E-state index is 13.4. The summed E-state index contributed by atoms with van der Waals surface area (Å²) < 4.78 is 50.5. The van der Waals surface area contributed by atoms with E-state index in [2.05, 4.69) is 0 Å². The number of carbonyl (C=O) groups is 1. The summed E-state index contributed by atoms with van der Waals surface area (Å²) in [5, 5.41) is 10.2. The van der Waals surface area contributed by atoms with Crippen molar-refractivity contribution in [2.45, 2.75) is 51.1 Å². The molecule has 3 atom stereocenters. The van der Waals surface area contributed by atoms with Crippen LogP contribution in [0.2, 0.25) is 0 Å². The Labute approximate surface area is 132 Å². The molecule has 1 aromatic heterocycles. The van der Waals surface area contributed by atoms with Gasteiger partial charge in [0.25, 0.3) is 0 Å². The van der Waals surface area contributed by atoms with Gasteiger partial charge in [0.05, 0.1) is 25.2 Å². The average molecular weight is 335 g/mol. The van der Waals surface area contributed by atoms with Gasteiger partial charge in [-0.05, 0) is 32.9 Å². The molecule has 0 bridgehead atoms. The fraction of sp³-hybridized carbons (Fsp3) is 0.667. The zero-order valence-corrected chi connectivity index (χ0v) is 13.2. The predicted molar refractivity (Wildman–Crippen MR) is 74.6 cm³/mol. The third-order valence-corrected chi connectivity index (χ3v) is 3.95. The molecule has 1 aliphatic rings. The van der Waals surface area contributed by atoms with Crippen LogP contribution in [-0.4, -0.2) is 47.4 Å². The van der Waals surface area contributed by atoms with Crippen LogP contribution in [0.1, 0.15) is 31.8 Å². The minimum Gasteiger partial charge on any atom is -0.463 e. The Balaban J connectivity index is 2.26. The third-order valence-electron chi connectivity index (χ3n) is 3.95. The first-order valence-corrected chi connectivity index (χ1v) is 7.31. The summed E-state index contributed by atoms with van der Waals surface area (Å²) in [6.45, 7) is 5.32. The maximum Gasteiger partial charge on any atom is 0.425 e. The molecule has 5 nitrogen and oxygen atoms in total. The van der Waals surface area contributed by atoms with Crippen molar-refractivity contribution in [1.29, 1.82) is 0 Å². The smallest absolute Gasteiger partial charge is 0.425 e. The molecular formula is C15H20F3NO4. The number of amides is 1. The lowest BCUT2D eigenvalue weighted by Gasteiger charge is -2.38. The number of carbonyl (C=O) groups excluding carboxylic acids is 1. The van der Waals surface area contributed by atoms with Crippen LogP contribution in [0, 0.1) is 6.92 Å². The molecular weight excluding hydrogens is 315 g/mol. The van der Waals surface area contributed by atoms with Gasteiger partial charge in [-0.3, -0.25) is 4.79 Å². The van der Waals surface area contributed by atoms with E-state index in [1.165, 1.54) is 17.9 Å². The summed E-state index contributed by atoms with van der Waals surface area (Å²) in [6, 6.07) is 2.01. The normalized spacial score (nSPS) is 25.3. The van der Waals surface area contributed by atoms with Gasteiger partial charge in [0, 0.05) is 6.54 Å². The zero-order valence-electron chi connectivity index (χ0n) is 13.2. The molecule has 1 aromatic rings. The maximum absolute atomic E-state index is 13.4. The number of hydrogen-bond donors (Lipinski definition) is 1. The second-order valence-electron chi connectivity index (χ2n) is 5.98. The molecule has 1 fully saturated rings. The molecule has 2 heterocycles. The Morgan fingerprint density at radius 1 is 1.39 bits per heavy atom. The topological polar surface area (TPSA) is 62.9 Å². The first-order chi connectivity index (χ1) is 10.5. The van der Waals surface area contributed by atoms with Crippen LogP contribution in [0.15, 0.2) is 16.5 Å². The summed E-state index contributed by atoms with van der Waals surface area (Å²) in [6.07, 6.45) is -6.42. The number of alkyl halides is 3. The Kier molecular flexibility index (Phi) is 4.77. The molecule has 2 rings (SSSR count). The molecule has 1 saturated heterocycles. The Morgan fingerprint density at radius 2 is 2.04 bits per heavy atom. The van der Waals surface area contributed by atoms with Gasteiger partial charge in [0.1, 0.15) is 11.5 Å². The molecule has 1 N–H and O–H groups in total. The monoisotopic (exact) mass is 335 g/mol. The first kappa shape index (κ1) is 17.8. The van der Waals surface area contributed by atoms with Crippen LogP contribution in [0.3, 0.4) is 0 Å². The summed E-state index contributed by atoms with van der Waals surface area (Å²) in [4.78, 5) is 13.7. The largest absolute Gasteiger partial charge is 0.463 e. The first-order valence-electron chi connectivity index (χ1n) is 7.31. The van der Waals surface area contributed by atoms with Crippen LogP contribution in [-0.2, 0) is 15.1 Å². The number of furan rings is 1. The number of rotatable bonds is 3. The predicted octanol–water partition coefficient (Wildman–Crippen LogP) is 2.36. The molecule has 3 unspecified atom stereocenters. The lowest BCUT2D eigenvalue weighted by Crippen LogP contribution is -2.53. The number of nitrogens with zero attached hydrogens (tertiary/aromatic N) is 1. The highest BCUT2D eigenvalue weighted by Gasteiger charge is 2.59. The number of morpholine rings is 1. The van der Waals surface area contributed by atoms with Gasteiger partial charge >= 0.3 is 6.18 Å². The van der Waals surface area contributed by atoms with Crippen molar-refractivity contribution in [2.24, 2.45) is 0 Å². The number of ether oxygens (including phenoxy) is 1. The second kappa shape index (κ2) is 6.16. The van der Waals surface area contributed by atoms with E-state index in [-0.39, 0.29) is 31.1 Å². The van der Waals surface area contributed by atoms with E-state index in [0.29, 0.717) is 0 Å². The zero-order chi connectivity index (χ0) is 17.4. The van der Waals surface area contributed by atoms with Crippen molar-refractivity contribution in [2.75, 3.05) is 13.2 Å². The highest BCUT2D eigenvalue weighted by atomic mass is 19.4. The highest BCUT2D eigenvalue weighted by Crippen LogP contribution is 2.42. The highest BCUT2D eigenvalue weighted by molar-refractivity contribution is 5.78. The molecule has 0 saturated carbocycles. The minimum atomic E-state index is -5.03. The van der Waals surface area contributed by atoms with Crippen LogP contribution >= 0.6 is 0 Å². The molecule has 23 heavy (non-hydrogen) atoms. The van der Waals surface area contributed by atoms with Crippen molar-refractivity contribution in [1.82, 2.24) is 4.90 Å². The van der Waals surface area contributed by atoms with Gasteiger partial charge in [-0.25, -0.2) is 0 Å². The summed E-state index contributed by atoms with van der Waals surface area (Å²) >= 11 is 0. The van der Waals surface area contributed by atoms with Crippen molar-refractivity contribution < 1.29 is 32.2 Å². The third kappa shape index (κ3) is 3.53. The van der Waals surface area contributed by atoms with Gasteiger partial charge in [-0.1, -0.05) is 0 Å². The molecule has 0 aromatic carbocycles. The van der Waals surface area contributed by atoms with Crippen LogP contribution in [0.4, 0.5) is 13.2 Å². The van der Waals surface area contributed by atoms with Gasteiger partial charge in [0.15, 0.2) is 0 Å². The molecule has 0 radical (unpaired) electrons.